The standard InChI is InChI=1S/C23H29N3O3S/c1-19-9-10-21(17-22(19)26-11-5-6-16-30(26,28)29)23(27)25-14-12-24(13-15-25)18-20-7-3-2-4-8-20/h2-4,7-10,17H,5-6,11-16,18H2,1H3/p+1. The maximum absolute atomic E-state index is 13.1. The average Bonchev–Trinajstić information content (AvgIpc) is 2.75. The number of piperazine rings is 1. The number of quaternary nitrogens is 1. The highest BCUT2D eigenvalue weighted by molar-refractivity contribution is 7.92. The van der Waals surface area contributed by atoms with Crippen LogP contribution in [0.15, 0.2) is 48.5 Å². The highest BCUT2D eigenvalue weighted by Gasteiger charge is 2.29. The summed E-state index contributed by atoms with van der Waals surface area (Å²) in [5, 5.41) is 0. The fourth-order valence-corrected chi connectivity index (χ4v) is 6.03. The quantitative estimate of drug-likeness (QED) is 0.802. The second-order valence-electron chi connectivity index (χ2n) is 8.30. The van der Waals surface area contributed by atoms with Gasteiger partial charge in [-0.05, 0) is 37.5 Å². The first-order chi connectivity index (χ1) is 14.4. The number of hydrogen-bond acceptors (Lipinski definition) is 3. The summed E-state index contributed by atoms with van der Waals surface area (Å²) in [6.07, 6.45) is 1.55. The number of sulfonamides is 1. The molecule has 0 aliphatic carbocycles. The topological polar surface area (TPSA) is 62.1 Å². The third kappa shape index (κ3) is 4.52. The van der Waals surface area contributed by atoms with E-state index in [1.54, 1.807) is 6.07 Å². The van der Waals surface area contributed by atoms with Gasteiger partial charge in [0.25, 0.3) is 5.91 Å². The lowest BCUT2D eigenvalue weighted by Crippen LogP contribution is -3.13. The highest BCUT2D eigenvalue weighted by Crippen LogP contribution is 2.28. The van der Waals surface area contributed by atoms with E-state index in [2.05, 4.69) is 24.3 Å². The summed E-state index contributed by atoms with van der Waals surface area (Å²) in [6, 6.07) is 15.9. The first-order valence-corrected chi connectivity index (χ1v) is 12.3. The molecule has 2 heterocycles. The van der Waals surface area contributed by atoms with Crippen molar-refractivity contribution in [3.05, 3.63) is 65.2 Å². The SMILES string of the molecule is Cc1ccc(C(=O)N2CC[NH+](Cc3ccccc3)CC2)cc1N1CCCCS1(=O)=O. The molecule has 6 nitrogen and oxygen atoms in total. The van der Waals surface area contributed by atoms with Crippen LogP contribution in [-0.2, 0) is 16.6 Å². The molecule has 2 aliphatic heterocycles. The number of anilines is 1. The number of aryl methyl sites for hydroxylation is 1. The van der Waals surface area contributed by atoms with Crippen molar-refractivity contribution in [2.24, 2.45) is 0 Å². The van der Waals surface area contributed by atoms with Crippen molar-refractivity contribution in [3.8, 4) is 0 Å². The van der Waals surface area contributed by atoms with Gasteiger partial charge < -0.3 is 9.80 Å². The van der Waals surface area contributed by atoms with Gasteiger partial charge in [0.05, 0.1) is 37.6 Å². The lowest BCUT2D eigenvalue weighted by Gasteiger charge is -2.33. The van der Waals surface area contributed by atoms with Crippen LogP contribution < -0.4 is 9.21 Å². The first kappa shape index (κ1) is 20.9. The van der Waals surface area contributed by atoms with Crippen LogP contribution in [0.4, 0.5) is 5.69 Å². The third-order valence-corrected chi connectivity index (χ3v) is 7.98. The molecule has 0 spiro atoms. The number of carbonyl (C=O) groups is 1. The Hall–Kier alpha value is -2.38. The minimum absolute atomic E-state index is 0.00980. The predicted octanol–water partition coefficient (Wildman–Crippen LogP) is 1.47. The molecule has 0 atom stereocenters. The molecule has 0 bridgehead atoms. The average molecular weight is 429 g/mol. The third-order valence-electron chi connectivity index (χ3n) is 6.13. The number of benzene rings is 2. The number of nitrogens with one attached hydrogen (secondary N) is 1. The Bertz CT molecular complexity index is 1000. The summed E-state index contributed by atoms with van der Waals surface area (Å²) in [5.74, 6) is 0.168. The van der Waals surface area contributed by atoms with E-state index < -0.39 is 10.0 Å². The summed E-state index contributed by atoms with van der Waals surface area (Å²) < 4.78 is 26.6. The molecule has 2 aromatic rings. The van der Waals surface area contributed by atoms with Crippen molar-refractivity contribution in [2.75, 3.05) is 42.8 Å². The van der Waals surface area contributed by atoms with E-state index in [0.717, 1.165) is 31.6 Å². The Morgan fingerprint density at radius 1 is 1.00 bits per heavy atom. The summed E-state index contributed by atoms with van der Waals surface area (Å²) in [6.45, 7) is 6.63. The van der Waals surface area contributed by atoms with Gasteiger partial charge in [-0.25, -0.2) is 8.42 Å². The van der Waals surface area contributed by atoms with Gasteiger partial charge in [0, 0.05) is 17.7 Å². The van der Waals surface area contributed by atoms with E-state index in [4.69, 9.17) is 0 Å². The Kier molecular flexibility index (Phi) is 6.11. The van der Waals surface area contributed by atoms with Crippen LogP contribution in [0.25, 0.3) is 0 Å². The normalized spacial score (nSPS) is 19.6. The maximum Gasteiger partial charge on any atom is 0.254 e. The molecule has 2 aromatic carbocycles. The highest BCUT2D eigenvalue weighted by atomic mass is 32.2. The molecule has 0 aromatic heterocycles. The molecule has 30 heavy (non-hydrogen) atoms. The summed E-state index contributed by atoms with van der Waals surface area (Å²) >= 11 is 0. The molecule has 2 saturated heterocycles. The number of nitrogens with zero attached hydrogens (tertiary/aromatic N) is 2. The number of rotatable bonds is 4. The van der Waals surface area contributed by atoms with Gasteiger partial charge in [0.2, 0.25) is 10.0 Å². The zero-order chi connectivity index (χ0) is 21.1. The number of amides is 1. The van der Waals surface area contributed by atoms with Gasteiger partial charge in [-0.15, -0.1) is 0 Å². The molecule has 2 fully saturated rings. The molecular formula is C23H30N3O3S+. The van der Waals surface area contributed by atoms with Crippen molar-refractivity contribution in [3.63, 3.8) is 0 Å². The largest absolute Gasteiger partial charge is 0.328 e. The predicted molar refractivity (Wildman–Crippen MR) is 118 cm³/mol. The van der Waals surface area contributed by atoms with Crippen molar-refractivity contribution < 1.29 is 18.1 Å². The maximum atomic E-state index is 13.1. The molecule has 160 valence electrons. The Morgan fingerprint density at radius 3 is 2.43 bits per heavy atom. The number of hydrogen-bond donors (Lipinski definition) is 1. The lowest BCUT2D eigenvalue weighted by molar-refractivity contribution is -0.917. The van der Waals surface area contributed by atoms with E-state index in [1.165, 1.54) is 14.8 Å². The fourth-order valence-electron chi connectivity index (χ4n) is 4.34. The van der Waals surface area contributed by atoms with Crippen LogP contribution in [0.2, 0.25) is 0 Å². The van der Waals surface area contributed by atoms with E-state index in [-0.39, 0.29) is 11.7 Å². The molecule has 0 saturated carbocycles. The molecule has 7 heteroatoms. The number of carbonyl (C=O) groups excluding carboxylic acids is 1. The van der Waals surface area contributed by atoms with Gasteiger partial charge in [-0.1, -0.05) is 36.4 Å². The van der Waals surface area contributed by atoms with Crippen LogP contribution in [0.3, 0.4) is 0 Å². The second kappa shape index (κ2) is 8.78. The lowest BCUT2D eigenvalue weighted by atomic mass is 10.1. The van der Waals surface area contributed by atoms with Crippen LogP contribution >= 0.6 is 0 Å². The van der Waals surface area contributed by atoms with Crippen molar-refractivity contribution in [2.45, 2.75) is 26.3 Å². The molecule has 4 rings (SSSR count). The summed E-state index contributed by atoms with van der Waals surface area (Å²) in [5.41, 5.74) is 3.42. The fraction of sp³-hybridized carbons (Fsp3) is 0.435. The van der Waals surface area contributed by atoms with Crippen molar-refractivity contribution >= 4 is 21.6 Å². The van der Waals surface area contributed by atoms with E-state index in [0.29, 0.717) is 37.3 Å². The zero-order valence-corrected chi connectivity index (χ0v) is 18.3. The van der Waals surface area contributed by atoms with Crippen molar-refractivity contribution in [1.82, 2.24) is 4.90 Å². The zero-order valence-electron chi connectivity index (χ0n) is 17.5. The van der Waals surface area contributed by atoms with Crippen molar-refractivity contribution in [1.29, 1.82) is 0 Å². The Labute approximate surface area is 179 Å². The molecule has 1 N–H and O–H groups in total. The first-order valence-electron chi connectivity index (χ1n) is 10.7. The van der Waals surface area contributed by atoms with E-state index in [9.17, 15) is 13.2 Å². The van der Waals surface area contributed by atoms with Crippen LogP contribution in [-0.4, -0.2) is 57.7 Å². The molecular weight excluding hydrogens is 398 g/mol. The summed E-state index contributed by atoms with van der Waals surface area (Å²) in [7, 11) is -3.30. The molecule has 2 aliphatic rings. The van der Waals surface area contributed by atoms with E-state index in [1.807, 2.05) is 30.0 Å². The summed E-state index contributed by atoms with van der Waals surface area (Å²) in [4.78, 5) is 16.5. The Balaban J connectivity index is 1.44. The van der Waals surface area contributed by atoms with Gasteiger partial charge >= 0.3 is 0 Å². The van der Waals surface area contributed by atoms with Gasteiger partial charge in [-0.3, -0.25) is 9.10 Å². The molecule has 0 unspecified atom stereocenters. The second-order valence-corrected chi connectivity index (χ2v) is 10.3. The van der Waals surface area contributed by atoms with Crippen LogP contribution in [0.1, 0.15) is 34.3 Å². The molecule has 0 radical (unpaired) electrons. The van der Waals surface area contributed by atoms with Crippen LogP contribution in [0, 0.1) is 6.92 Å². The minimum Gasteiger partial charge on any atom is -0.328 e. The van der Waals surface area contributed by atoms with Crippen LogP contribution in [0.5, 0.6) is 0 Å². The van der Waals surface area contributed by atoms with Gasteiger partial charge in [-0.2, -0.15) is 0 Å². The van der Waals surface area contributed by atoms with Gasteiger partial charge in [0.15, 0.2) is 0 Å². The Morgan fingerprint density at radius 2 is 1.73 bits per heavy atom. The van der Waals surface area contributed by atoms with E-state index >= 15 is 0 Å². The monoisotopic (exact) mass is 428 g/mol. The smallest absolute Gasteiger partial charge is 0.254 e. The minimum atomic E-state index is -3.30. The van der Waals surface area contributed by atoms with Gasteiger partial charge in [0.1, 0.15) is 6.54 Å². The molecule has 1 amide bonds.